The molecule has 0 aromatic heterocycles. The number of hydrogen-bond acceptors (Lipinski definition) is 3. The lowest BCUT2D eigenvalue weighted by Gasteiger charge is -2.10. The SMILES string of the molecule is COc1c(Br)cc(Br)cc1/C=C(\C#N)C(=O)Nc1cccc(Cl)c1C. The Hall–Kier alpha value is -1.81. The van der Waals surface area contributed by atoms with Crippen molar-refractivity contribution >= 4 is 61.1 Å². The second-order valence-electron chi connectivity index (χ2n) is 5.05. The minimum absolute atomic E-state index is 0.0531. The average molecular weight is 485 g/mol. The van der Waals surface area contributed by atoms with Gasteiger partial charge in [-0.3, -0.25) is 4.79 Å². The van der Waals surface area contributed by atoms with E-state index in [9.17, 15) is 10.1 Å². The van der Waals surface area contributed by atoms with E-state index in [1.54, 1.807) is 31.2 Å². The van der Waals surface area contributed by atoms with Crippen molar-refractivity contribution in [3.05, 3.63) is 61.0 Å². The van der Waals surface area contributed by atoms with E-state index in [0.29, 0.717) is 26.5 Å². The maximum Gasteiger partial charge on any atom is 0.266 e. The number of hydrogen-bond donors (Lipinski definition) is 1. The number of methoxy groups -OCH3 is 1. The second kappa shape index (κ2) is 8.52. The highest BCUT2D eigenvalue weighted by Gasteiger charge is 2.14. The van der Waals surface area contributed by atoms with Gasteiger partial charge in [0.15, 0.2) is 0 Å². The summed E-state index contributed by atoms with van der Waals surface area (Å²) in [6.45, 7) is 1.79. The molecule has 0 aliphatic heterocycles. The highest BCUT2D eigenvalue weighted by atomic mass is 79.9. The van der Waals surface area contributed by atoms with Crippen LogP contribution in [0.25, 0.3) is 6.08 Å². The van der Waals surface area contributed by atoms with Gasteiger partial charge < -0.3 is 10.1 Å². The van der Waals surface area contributed by atoms with Gasteiger partial charge in [0.25, 0.3) is 5.91 Å². The number of nitrogens with zero attached hydrogens (tertiary/aromatic N) is 1. The van der Waals surface area contributed by atoms with Gasteiger partial charge in [-0.05, 0) is 58.8 Å². The Balaban J connectivity index is 2.40. The predicted molar refractivity (Wildman–Crippen MR) is 107 cm³/mol. The number of carbonyl (C=O) groups excluding carboxylic acids is 1. The Morgan fingerprint density at radius 1 is 1.36 bits per heavy atom. The maximum atomic E-state index is 12.5. The number of halogens is 3. The lowest BCUT2D eigenvalue weighted by molar-refractivity contribution is -0.112. The van der Waals surface area contributed by atoms with E-state index in [1.807, 2.05) is 12.1 Å². The number of nitriles is 1. The molecular formula is C18H13Br2ClN2O2. The number of amides is 1. The monoisotopic (exact) mass is 482 g/mol. The van der Waals surface area contributed by atoms with Crippen molar-refractivity contribution in [1.82, 2.24) is 0 Å². The Labute approximate surface area is 167 Å². The van der Waals surface area contributed by atoms with E-state index < -0.39 is 5.91 Å². The van der Waals surface area contributed by atoms with Gasteiger partial charge in [0, 0.05) is 20.7 Å². The minimum Gasteiger partial charge on any atom is -0.495 e. The third kappa shape index (κ3) is 4.63. The van der Waals surface area contributed by atoms with Gasteiger partial charge in [0.2, 0.25) is 0 Å². The molecule has 0 aliphatic rings. The van der Waals surface area contributed by atoms with Crippen molar-refractivity contribution in [3.63, 3.8) is 0 Å². The molecule has 25 heavy (non-hydrogen) atoms. The van der Waals surface area contributed by atoms with E-state index in [4.69, 9.17) is 16.3 Å². The van der Waals surface area contributed by atoms with Crippen molar-refractivity contribution in [2.75, 3.05) is 12.4 Å². The summed E-state index contributed by atoms with van der Waals surface area (Å²) in [6.07, 6.45) is 1.48. The Bertz CT molecular complexity index is 905. The molecule has 7 heteroatoms. The fraction of sp³-hybridized carbons (Fsp3) is 0.111. The number of carbonyl (C=O) groups is 1. The van der Waals surface area contributed by atoms with Gasteiger partial charge in [-0.2, -0.15) is 5.26 Å². The van der Waals surface area contributed by atoms with Crippen molar-refractivity contribution in [2.45, 2.75) is 6.92 Å². The quantitative estimate of drug-likeness (QED) is 0.446. The van der Waals surface area contributed by atoms with Gasteiger partial charge in [0.1, 0.15) is 17.4 Å². The zero-order chi connectivity index (χ0) is 18.6. The zero-order valence-electron chi connectivity index (χ0n) is 13.4. The maximum absolute atomic E-state index is 12.5. The first-order valence-corrected chi connectivity index (χ1v) is 9.05. The summed E-state index contributed by atoms with van der Waals surface area (Å²) in [5.74, 6) is 0.00806. The fourth-order valence-electron chi connectivity index (χ4n) is 2.14. The number of nitrogens with one attached hydrogen (secondary N) is 1. The van der Waals surface area contributed by atoms with Crippen LogP contribution in [-0.2, 0) is 4.79 Å². The van der Waals surface area contributed by atoms with Crippen LogP contribution in [0.4, 0.5) is 5.69 Å². The van der Waals surface area contributed by atoms with Gasteiger partial charge in [-0.25, -0.2) is 0 Å². The van der Waals surface area contributed by atoms with E-state index in [1.165, 1.54) is 13.2 Å². The molecular weight excluding hydrogens is 471 g/mol. The highest BCUT2D eigenvalue weighted by molar-refractivity contribution is 9.11. The van der Waals surface area contributed by atoms with Gasteiger partial charge in [-0.1, -0.05) is 33.6 Å². The molecule has 128 valence electrons. The van der Waals surface area contributed by atoms with E-state index >= 15 is 0 Å². The first kappa shape index (κ1) is 19.5. The molecule has 2 rings (SSSR count). The summed E-state index contributed by atoms with van der Waals surface area (Å²) in [4.78, 5) is 12.5. The van der Waals surface area contributed by atoms with Crippen molar-refractivity contribution in [1.29, 1.82) is 5.26 Å². The number of rotatable bonds is 4. The van der Waals surface area contributed by atoms with Crippen LogP contribution < -0.4 is 10.1 Å². The number of ether oxygens (including phenoxy) is 1. The van der Waals surface area contributed by atoms with Gasteiger partial charge >= 0.3 is 0 Å². The van der Waals surface area contributed by atoms with Gasteiger partial charge in [-0.15, -0.1) is 0 Å². The molecule has 0 atom stereocenters. The topological polar surface area (TPSA) is 62.1 Å². The summed E-state index contributed by atoms with van der Waals surface area (Å²) in [5.41, 5.74) is 1.83. The number of benzene rings is 2. The van der Waals surface area contributed by atoms with Crippen molar-refractivity contribution < 1.29 is 9.53 Å². The van der Waals surface area contributed by atoms with E-state index in [0.717, 1.165) is 10.0 Å². The standard InChI is InChI=1S/C18H13Br2ClN2O2/c1-10-15(21)4-3-5-16(10)23-18(24)12(9-22)6-11-7-13(19)8-14(20)17(11)25-2/h3-8H,1-2H3,(H,23,24)/b12-6+. The van der Waals surface area contributed by atoms with Crippen LogP contribution in [0.15, 0.2) is 44.9 Å². The third-order valence-corrected chi connectivity index (χ3v) is 4.88. The third-order valence-electron chi connectivity index (χ3n) is 3.42. The molecule has 0 radical (unpaired) electrons. The van der Waals surface area contributed by atoms with Crippen LogP contribution in [0, 0.1) is 18.3 Å². The molecule has 0 fully saturated rings. The highest BCUT2D eigenvalue weighted by Crippen LogP contribution is 2.34. The molecule has 0 bridgehead atoms. The molecule has 0 saturated carbocycles. The molecule has 2 aromatic carbocycles. The first-order valence-electron chi connectivity index (χ1n) is 7.08. The summed E-state index contributed by atoms with van der Waals surface area (Å²) in [5, 5.41) is 12.6. The molecule has 0 unspecified atom stereocenters. The molecule has 1 N–H and O–H groups in total. The van der Waals surface area contributed by atoms with Crippen LogP contribution in [0.3, 0.4) is 0 Å². The zero-order valence-corrected chi connectivity index (χ0v) is 17.3. The van der Waals surface area contributed by atoms with Crippen LogP contribution in [0.5, 0.6) is 5.75 Å². The smallest absolute Gasteiger partial charge is 0.266 e. The normalized spacial score (nSPS) is 11.0. The van der Waals surface area contributed by atoms with Crippen LogP contribution in [0.2, 0.25) is 5.02 Å². The lowest BCUT2D eigenvalue weighted by Crippen LogP contribution is -2.14. The summed E-state index contributed by atoms with van der Waals surface area (Å²) in [6, 6.07) is 10.7. The lowest BCUT2D eigenvalue weighted by atomic mass is 10.1. The average Bonchev–Trinajstić information content (AvgIpc) is 2.56. The molecule has 1 amide bonds. The molecule has 0 saturated heterocycles. The second-order valence-corrected chi connectivity index (χ2v) is 7.22. The first-order chi connectivity index (χ1) is 11.9. The molecule has 4 nitrogen and oxygen atoms in total. The van der Waals surface area contributed by atoms with Crippen molar-refractivity contribution in [3.8, 4) is 11.8 Å². The fourth-order valence-corrected chi connectivity index (χ4v) is 3.73. The predicted octanol–water partition coefficient (Wildman–Crippen LogP) is 5.73. The largest absolute Gasteiger partial charge is 0.495 e. The molecule has 2 aromatic rings. The van der Waals surface area contributed by atoms with E-state index in [2.05, 4.69) is 37.2 Å². The minimum atomic E-state index is -0.522. The summed E-state index contributed by atoms with van der Waals surface area (Å²) in [7, 11) is 1.52. The van der Waals surface area contributed by atoms with Crippen LogP contribution >= 0.6 is 43.5 Å². The van der Waals surface area contributed by atoms with Crippen LogP contribution in [-0.4, -0.2) is 13.0 Å². The van der Waals surface area contributed by atoms with Gasteiger partial charge in [0.05, 0.1) is 11.6 Å². The Morgan fingerprint density at radius 2 is 2.08 bits per heavy atom. The van der Waals surface area contributed by atoms with Crippen molar-refractivity contribution in [2.24, 2.45) is 0 Å². The summed E-state index contributed by atoms with van der Waals surface area (Å²) >= 11 is 12.8. The molecule has 0 spiro atoms. The molecule has 0 heterocycles. The van der Waals surface area contributed by atoms with E-state index in [-0.39, 0.29) is 5.57 Å². The van der Waals surface area contributed by atoms with Crippen LogP contribution in [0.1, 0.15) is 11.1 Å². The Morgan fingerprint density at radius 3 is 2.72 bits per heavy atom. The molecule has 0 aliphatic carbocycles. The Kier molecular flexibility index (Phi) is 6.65. The number of anilines is 1. The summed E-state index contributed by atoms with van der Waals surface area (Å²) < 4.78 is 6.83.